The maximum Gasteiger partial charge on any atom is 0.325 e. The van der Waals surface area contributed by atoms with Crippen molar-refractivity contribution in [3.05, 3.63) is 71.9 Å². The Hall–Kier alpha value is -3.61. The molecule has 0 atom stereocenters. The van der Waals surface area contributed by atoms with E-state index in [1.54, 1.807) is 31.8 Å². The third-order valence-corrected chi connectivity index (χ3v) is 4.32. The second-order valence-corrected chi connectivity index (χ2v) is 7.02. The van der Waals surface area contributed by atoms with Crippen molar-refractivity contribution in [1.29, 1.82) is 0 Å². The second kappa shape index (κ2) is 9.73. The van der Waals surface area contributed by atoms with Gasteiger partial charge in [-0.1, -0.05) is 30.3 Å². The average Bonchev–Trinajstić information content (AvgIpc) is 3.16. The highest BCUT2D eigenvalue weighted by molar-refractivity contribution is 6.01. The number of ether oxygens (including phenoxy) is 2. The van der Waals surface area contributed by atoms with Crippen molar-refractivity contribution < 1.29 is 19.1 Å². The highest BCUT2D eigenvalue weighted by Crippen LogP contribution is 2.25. The van der Waals surface area contributed by atoms with Gasteiger partial charge >= 0.3 is 5.97 Å². The van der Waals surface area contributed by atoms with E-state index >= 15 is 0 Å². The molecule has 0 aliphatic heterocycles. The van der Waals surface area contributed by atoms with Crippen molar-refractivity contribution in [1.82, 2.24) is 15.1 Å². The van der Waals surface area contributed by atoms with Gasteiger partial charge in [-0.05, 0) is 43.7 Å². The quantitative estimate of drug-likeness (QED) is 0.580. The van der Waals surface area contributed by atoms with Gasteiger partial charge in [0.15, 0.2) is 0 Å². The summed E-state index contributed by atoms with van der Waals surface area (Å²) in [5, 5.41) is 7.25. The Balaban J connectivity index is 1.86. The molecule has 7 nitrogen and oxygen atoms in total. The van der Waals surface area contributed by atoms with E-state index < -0.39 is 5.97 Å². The van der Waals surface area contributed by atoms with Crippen LogP contribution in [0, 0.1) is 0 Å². The summed E-state index contributed by atoms with van der Waals surface area (Å²) in [6.07, 6.45) is 1.45. The predicted octanol–water partition coefficient (Wildman–Crippen LogP) is 3.29. The van der Waals surface area contributed by atoms with Crippen LogP contribution in [0.5, 0.6) is 5.75 Å². The number of hydrogen-bond donors (Lipinski definition) is 1. The van der Waals surface area contributed by atoms with E-state index in [1.165, 1.54) is 0 Å². The number of nitrogens with one attached hydrogen (secondary N) is 1. The maximum atomic E-state index is 12.8. The Morgan fingerprint density at radius 1 is 1.07 bits per heavy atom. The number of methoxy groups -OCH3 is 1. The zero-order valence-corrected chi connectivity index (χ0v) is 17.3. The summed E-state index contributed by atoms with van der Waals surface area (Å²) < 4.78 is 12.0. The normalized spacial score (nSPS) is 10.7. The molecule has 1 amide bonds. The van der Waals surface area contributed by atoms with Crippen molar-refractivity contribution in [2.24, 2.45) is 0 Å². The van der Waals surface area contributed by atoms with E-state index in [9.17, 15) is 9.59 Å². The van der Waals surface area contributed by atoms with Gasteiger partial charge in [-0.3, -0.25) is 14.3 Å². The molecular formula is C23H25N3O4. The van der Waals surface area contributed by atoms with Crippen LogP contribution in [0.15, 0.2) is 60.8 Å². The highest BCUT2D eigenvalue weighted by atomic mass is 16.5. The Bertz CT molecular complexity index is 995. The Morgan fingerprint density at radius 3 is 2.40 bits per heavy atom. The first kappa shape index (κ1) is 21.1. The summed E-state index contributed by atoms with van der Waals surface area (Å²) in [5.74, 6) is -0.160. The van der Waals surface area contributed by atoms with Crippen LogP contribution < -0.4 is 10.1 Å². The minimum absolute atomic E-state index is 0.205. The smallest absolute Gasteiger partial charge is 0.325 e. The molecule has 1 heterocycles. The van der Waals surface area contributed by atoms with E-state index in [0.717, 1.165) is 11.1 Å². The van der Waals surface area contributed by atoms with Gasteiger partial charge in [0.25, 0.3) is 5.91 Å². The number of benzene rings is 2. The van der Waals surface area contributed by atoms with E-state index in [1.807, 2.05) is 54.6 Å². The molecule has 0 fully saturated rings. The van der Waals surface area contributed by atoms with E-state index in [-0.39, 0.29) is 18.6 Å². The Morgan fingerprint density at radius 2 is 1.77 bits per heavy atom. The van der Waals surface area contributed by atoms with Crippen LogP contribution in [0.4, 0.5) is 0 Å². The van der Waals surface area contributed by atoms with Crippen molar-refractivity contribution in [2.75, 3.05) is 13.7 Å². The van der Waals surface area contributed by atoms with Gasteiger partial charge in [0.1, 0.15) is 18.0 Å². The lowest BCUT2D eigenvalue weighted by Crippen LogP contribution is -2.31. The lowest BCUT2D eigenvalue weighted by atomic mass is 10.1. The molecule has 0 aliphatic rings. The summed E-state index contributed by atoms with van der Waals surface area (Å²) in [6, 6.07) is 17.2. The first-order chi connectivity index (χ1) is 14.5. The third-order valence-electron chi connectivity index (χ3n) is 4.32. The summed E-state index contributed by atoms with van der Waals surface area (Å²) >= 11 is 0. The van der Waals surface area contributed by atoms with Crippen LogP contribution in [-0.2, 0) is 16.1 Å². The Labute approximate surface area is 175 Å². The monoisotopic (exact) mass is 407 g/mol. The van der Waals surface area contributed by atoms with Crippen LogP contribution in [0.1, 0.15) is 29.8 Å². The number of rotatable bonds is 8. The van der Waals surface area contributed by atoms with Crippen molar-refractivity contribution in [2.45, 2.75) is 26.5 Å². The summed E-state index contributed by atoms with van der Waals surface area (Å²) in [4.78, 5) is 24.6. The second-order valence-electron chi connectivity index (χ2n) is 7.02. The van der Waals surface area contributed by atoms with Gasteiger partial charge in [0.2, 0.25) is 0 Å². The molecule has 0 aliphatic carbocycles. The number of esters is 1. The zero-order valence-electron chi connectivity index (χ0n) is 17.3. The van der Waals surface area contributed by atoms with E-state index in [4.69, 9.17) is 9.47 Å². The fraction of sp³-hybridized carbons (Fsp3) is 0.261. The number of carbonyl (C=O) groups is 2. The van der Waals surface area contributed by atoms with Crippen molar-refractivity contribution >= 4 is 11.9 Å². The number of hydrogen-bond acceptors (Lipinski definition) is 5. The summed E-state index contributed by atoms with van der Waals surface area (Å²) in [6.45, 7) is 3.83. The van der Waals surface area contributed by atoms with Crippen molar-refractivity contribution in [3.63, 3.8) is 0 Å². The molecule has 0 saturated carbocycles. The molecule has 2 aromatic carbocycles. The molecule has 0 radical (unpaired) electrons. The van der Waals surface area contributed by atoms with Gasteiger partial charge in [-0.25, -0.2) is 0 Å². The number of nitrogens with zero attached hydrogens (tertiary/aromatic N) is 2. The van der Waals surface area contributed by atoms with Gasteiger partial charge in [-0.15, -0.1) is 0 Å². The minimum atomic E-state index is -0.485. The highest BCUT2D eigenvalue weighted by Gasteiger charge is 2.19. The van der Waals surface area contributed by atoms with Crippen LogP contribution in [0.2, 0.25) is 0 Å². The van der Waals surface area contributed by atoms with Crippen LogP contribution >= 0.6 is 0 Å². The average molecular weight is 407 g/mol. The number of aromatic nitrogens is 2. The van der Waals surface area contributed by atoms with E-state index in [0.29, 0.717) is 23.6 Å². The number of carbonyl (C=O) groups excluding carboxylic acids is 2. The summed E-state index contributed by atoms with van der Waals surface area (Å²) in [7, 11) is 1.60. The van der Waals surface area contributed by atoms with Gasteiger partial charge in [-0.2, -0.15) is 5.10 Å². The molecule has 156 valence electrons. The Kier molecular flexibility index (Phi) is 6.85. The van der Waals surface area contributed by atoms with Gasteiger partial charge in [0.05, 0.1) is 25.3 Å². The zero-order chi connectivity index (χ0) is 21.5. The molecule has 0 bridgehead atoms. The molecule has 1 aromatic heterocycles. The largest absolute Gasteiger partial charge is 0.497 e. The first-order valence-electron chi connectivity index (χ1n) is 9.69. The molecule has 1 N–H and O–H groups in total. The van der Waals surface area contributed by atoms with Crippen LogP contribution in [0.25, 0.3) is 11.3 Å². The van der Waals surface area contributed by atoms with Crippen LogP contribution in [-0.4, -0.2) is 41.4 Å². The van der Waals surface area contributed by atoms with Crippen LogP contribution in [0.3, 0.4) is 0 Å². The maximum absolute atomic E-state index is 12.8. The van der Waals surface area contributed by atoms with E-state index in [2.05, 4.69) is 10.4 Å². The topological polar surface area (TPSA) is 82.5 Å². The predicted molar refractivity (Wildman–Crippen MR) is 113 cm³/mol. The molecule has 3 rings (SSSR count). The third kappa shape index (κ3) is 5.47. The summed E-state index contributed by atoms with van der Waals surface area (Å²) in [5.41, 5.74) is 2.75. The molecule has 0 spiro atoms. The van der Waals surface area contributed by atoms with Gasteiger partial charge in [0, 0.05) is 11.8 Å². The lowest BCUT2D eigenvalue weighted by Gasteiger charge is -2.09. The number of amides is 1. The molecule has 30 heavy (non-hydrogen) atoms. The molecular weight excluding hydrogens is 382 g/mol. The van der Waals surface area contributed by atoms with Crippen molar-refractivity contribution in [3.8, 4) is 17.0 Å². The molecule has 7 heteroatoms. The van der Waals surface area contributed by atoms with Gasteiger partial charge < -0.3 is 14.8 Å². The molecule has 3 aromatic rings. The SMILES string of the molecule is COc1ccc(-c2nn(Cc3ccccc3)cc2C(=O)NCC(=O)OC(C)C)cc1. The minimum Gasteiger partial charge on any atom is -0.497 e. The fourth-order valence-corrected chi connectivity index (χ4v) is 2.95. The first-order valence-corrected chi connectivity index (χ1v) is 9.69. The standard InChI is InChI=1S/C23H25N3O4/c1-16(2)30-21(27)13-24-23(28)20-15-26(14-17-7-5-4-6-8-17)25-22(20)18-9-11-19(29-3)12-10-18/h4-12,15-16H,13-14H2,1-3H3,(H,24,28). The fourth-order valence-electron chi connectivity index (χ4n) is 2.95. The molecule has 0 unspecified atom stereocenters. The molecule has 0 saturated heterocycles. The lowest BCUT2D eigenvalue weighted by molar-refractivity contribution is -0.146.